The smallest absolute Gasteiger partial charge is 0.131 e. The van der Waals surface area contributed by atoms with Crippen LogP contribution in [0.2, 0.25) is 0 Å². The summed E-state index contributed by atoms with van der Waals surface area (Å²) in [7, 11) is 2.19. The molecule has 21 heavy (non-hydrogen) atoms. The zero-order valence-electron chi connectivity index (χ0n) is 14.2. The topological polar surface area (TPSA) is 31.4 Å². The van der Waals surface area contributed by atoms with E-state index in [4.69, 9.17) is 4.98 Å². The van der Waals surface area contributed by atoms with Gasteiger partial charge < -0.3 is 15.1 Å². The van der Waals surface area contributed by atoms with Gasteiger partial charge in [0.25, 0.3) is 0 Å². The van der Waals surface area contributed by atoms with Gasteiger partial charge in [-0.15, -0.1) is 0 Å². The third kappa shape index (κ3) is 4.42. The zero-order chi connectivity index (χ0) is 15.4. The first-order valence-corrected chi connectivity index (χ1v) is 8.08. The molecule has 1 N–H and O–H groups in total. The fourth-order valence-corrected chi connectivity index (χ4v) is 2.98. The fourth-order valence-electron chi connectivity index (χ4n) is 2.98. The number of nitrogens with one attached hydrogen (secondary N) is 1. The number of likely N-dealkylation sites (N-methyl/N-ethyl adjacent to an activating group) is 1. The summed E-state index contributed by atoms with van der Waals surface area (Å²) in [5.74, 6) is 1.84. The summed E-state index contributed by atoms with van der Waals surface area (Å²) in [5.41, 5.74) is 2.56. The Kier molecular flexibility index (Phi) is 5.59. The third-order valence-corrected chi connectivity index (χ3v) is 4.09. The number of aromatic nitrogens is 1. The minimum absolute atomic E-state index is 0.528. The molecule has 0 bridgehead atoms. The van der Waals surface area contributed by atoms with Gasteiger partial charge >= 0.3 is 0 Å². The summed E-state index contributed by atoms with van der Waals surface area (Å²) in [6, 6.07) is 2.81. The first-order chi connectivity index (χ1) is 9.97. The van der Waals surface area contributed by atoms with Crippen molar-refractivity contribution in [2.24, 2.45) is 5.92 Å². The summed E-state index contributed by atoms with van der Waals surface area (Å²) >= 11 is 0. The lowest BCUT2D eigenvalue weighted by molar-refractivity contribution is 0.274. The molecular formula is C17H30N4. The van der Waals surface area contributed by atoms with E-state index in [1.54, 1.807) is 0 Å². The van der Waals surface area contributed by atoms with E-state index < -0.39 is 0 Å². The van der Waals surface area contributed by atoms with Gasteiger partial charge in [-0.1, -0.05) is 13.8 Å². The second-order valence-corrected chi connectivity index (χ2v) is 6.81. The number of hydrogen-bond acceptors (Lipinski definition) is 4. The Morgan fingerprint density at radius 2 is 2.14 bits per heavy atom. The predicted molar refractivity (Wildman–Crippen MR) is 89.8 cm³/mol. The normalized spacial score (nSPS) is 20.3. The molecule has 2 rings (SSSR count). The number of nitrogens with zero attached hydrogens (tertiary/aromatic N) is 3. The van der Waals surface area contributed by atoms with E-state index in [0.29, 0.717) is 12.0 Å². The largest absolute Gasteiger partial charge is 0.351 e. The summed E-state index contributed by atoms with van der Waals surface area (Å²) in [5, 5.41) is 3.48. The molecule has 2 heterocycles. The van der Waals surface area contributed by atoms with E-state index in [-0.39, 0.29) is 0 Å². The number of pyridine rings is 1. The monoisotopic (exact) mass is 290 g/mol. The van der Waals surface area contributed by atoms with Crippen molar-refractivity contribution in [1.82, 2.24) is 15.2 Å². The van der Waals surface area contributed by atoms with E-state index in [2.05, 4.69) is 55.9 Å². The molecule has 1 aliphatic rings. The van der Waals surface area contributed by atoms with Crippen molar-refractivity contribution in [3.8, 4) is 0 Å². The average Bonchev–Trinajstić information content (AvgIpc) is 2.39. The Hall–Kier alpha value is -1.13. The van der Waals surface area contributed by atoms with Gasteiger partial charge in [-0.3, -0.25) is 0 Å². The van der Waals surface area contributed by atoms with Crippen LogP contribution in [0, 0.1) is 12.8 Å². The van der Waals surface area contributed by atoms with Crippen molar-refractivity contribution in [2.45, 2.75) is 40.3 Å². The zero-order valence-corrected chi connectivity index (χ0v) is 14.2. The molecule has 1 aromatic rings. The quantitative estimate of drug-likeness (QED) is 0.901. The minimum atomic E-state index is 0.528. The molecule has 1 atom stereocenters. The molecule has 1 aliphatic heterocycles. The van der Waals surface area contributed by atoms with Crippen LogP contribution < -0.4 is 10.2 Å². The Morgan fingerprint density at radius 1 is 1.38 bits per heavy atom. The van der Waals surface area contributed by atoms with Gasteiger partial charge in [0.15, 0.2) is 0 Å². The van der Waals surface area contributed by atoms with Crippen LogP contribution in [0.1, 0.15) is 31.9 Å². The van der Waals surface area contributed by atoms with Crippen LogP contribution in [-0.4, -0.2) is 49.2 Å². The van der Waals surface area contributed by atoms with Crippen molar-refractivity contribution >= 4 is 5.82 Å². The maximum atomic E-state index is 4.74. The highest BCUT2D eigenvalue weighted by Gasteiger charge is 2.23. The molecule has 0 aliphatic carbocycles. The van der Waals surface area contributed by atoms with Crippen LogP contribution in [0.25, 0.3) is 0 Å². The van der Waals surface area contributed by atoms with Crippen molar-refractivity contribution in [3.63, 3.8) is 0 Å². The Labute approximate surface area is 129 Å². The average molecular weight is 290 g/mol. The molecule has 0 saturated carbocycles. The molecule has 0 amide bonds. The van der Waals surface area contributed by atoms with Crippen LogP contribution in [0.3, 0.4) is 0 Å². The number of aryl methyl sites for hydroxylation is 1. The highest BCUT2D eigenvalue weighted by atomic mass is 15.3. The van der Waals surface area contributed by atoms with E-state index in [1.807, 2.05) is 6.20 Å². The van der Waals surface area contributed by atoms with Gasteiger partial charge in [0.1, 0.15) is 5.82 Å². The van der Waals surface area contributed by atoms with Gasteiger partial charge in [0.2, 0.25) is 0 Å². The maximum Gasteiger partial charge on any atom is 0.131 e. The molecule has 0 radical (unpaired) electrons. The molecule has 118 valence electrons. The molecule has 0 aromatic carbocycles. The lowest BCUT2D eigenvalue weighted by Gasteiger charge is -2.39. The summed E-state index contributed by atoms with van der Waals surface area (Å²) < 4.78 is 0. The first kappa shape index (κ1) is 16.2. The second-order valence-electron chi connectivity index (χ2n) is 6.81. The minimum Gasteiger partial charge on any atom is -0.351 e. The van der Waals surface area contributed by atoms with Crippen molar-refractivity contribution in [1.29, 1.82) is 0 Å². The van der Waals surface area contributed by atoms with Crippen molar-refractivity contribution in [2.75, 3.05) is 38.1 Å². The van der Waals surface area contributed by atoms with Crippen LogP contribution >= 0.6 is 0 Å². The molecule has 4 heteroatoms. The van der Waals surface area contributed by atoms with Gasteiger partial charge in [0, 0.05) is 38.4 Å². The molecule has 1 unspecified atom stereocenters. The fraction of sp³-hybridized carbons (Fsp3) is 0.706. The van der Waals surface area contributed by atoms with E-state index in [9.17, 15) is 0 Å². The van der Waals surface area contributed by atoms with Crippen LogP contribution in [0.4, 0.5) is 5.82 Å². The van der Waals surface area contributed by atoms with Crippen LogP contribution in [0.15, 0.2) is 12.3 Å². The van der Waals surface area contributed by atoms with Gasteiger partial charge in [0.05, 0.1) is 0 Å². The SMILES string of the molecule is Cc1cc(CNCC(C)C)cnc1N1CCN(C)CC1C. The number of anilines is 1. The van der Waals surface area contributed by atoms with E-state index in [0.717, 1.165) is 38.5 Å². The summed E-state index contributed by atoms with van der Waals surface area (Å²) in [4.78, 5) is 9.58. The van der Waals surface area contributed by atoms with Crippen LogP contribution in [-0.2, 0) is 6.54 Å². The lowest BCUT2D eigenvalue weighted by atomic mass is 10.1. The molecule has 4 nitrogen and oxygen atoms in total. The maximum absolute atomic E-state index is 4.74. The number of rotatable bonds is 5. The second kappa shape index (κ2) is 7.23. The van der Waals surface area contributed by atoms with Crippen molar-refractivity contribution in [3.05, 3.63) is 23.4 Å². The van der Waals surface area contributed by atoms with Gasteiger partial charge in [-0.05, 0) is 50.6 Å². The highest BCUT2D eigenvalue weighted by Crippen LogP contribution is 2.22. The Morgan fingerprint density at radius 3 is 2.76 bits per heavy atom. The predicted octanol–water partition coefficient (Wildman–Crippen LogP) is 2.28. The summed E-state index contributed by atoms with van der Waals surface area (Å²) in [6.45, 7) is 14.2. The lowest BCUT2D eigenvalue weighted by Crippen LogP contribution is -2.51. The van der Waals surface area contributed by atoms with Gasteiger partial charge in [-0.25, -0.2) is 4.98 Å². The van der Waals surface area contributed by atoms with Crippen LogP contribution in [0.5, 0.6) is 0 Å². The molecule has 1 saturated heterocycles. The first-order valence-electron chi connectivity index (χ1n) is 8.08. The highest BCUT2D eigenvalue weighted by molar-refractivity contribution is 5.48. The van der Waals surface area contributed by atoms with E-state index >= 15 is 0 Å². The van der Waals surface area contributed by atoms with E-state index in [1.165, 1.54) is 11.1 Å². The Bertz CT molecular complexity index is 458. The van der Waals surface area contributed by atoms with Crippen molar-refractivity contribution < 1.29 is 0 Å². The third-order valence-electron chi connectivity index (χ3n) is 4.09. The Balaban J connectivity index is 2.02. The number of piperazine rings is 1. The molecular weight excluding hydrogens is 260 g/mol. The van der Waals surface area contributed by atoms with Gasteiger partial charge in [-0.2, -0.15) is 0 Å². The molecule has 0 spiro atoms. The molecule has 1 aromatic heterocycles. The number of hydrogen-bond donors (Lipinski definition) is 1. The summed E-state index contributed by atoms with van der Waals surface area (Å²) in [6.07, 6.45) is 2.03. The molecule has 1 fully saturated rings. The standard InChI is InChI=1S/C17H30N4/c1-13(2)9-18-10-16-8-14(3)17(19-11-16)21-7-6-20(5)12-15(21)4/h8,11,13,15,18H,6-7,9-10,12H2,1-5H3.